The number of halogens is 6. The summed E-state index contributed by atoms with van der Waals surface area (Å²) in [5.74, 6) is -13.2. The maximum absolute atomic E-state index is 14.3. The molecule has 1 aliphatic heterocycles. The van der Waals surface area contributed by atoms with Crippen LogP contribution in [0.1, 0.15) is 5.56 Å². The highest BCUT2D eigenvalue weighted by molar-refractivity contribution is 6.26. The lowest BCUT2D eigenvalue weighted by molar-refractivity contribution is -0.198. The van der Waals surface area contributed by atoms with Gasteiger partial charge in [0, 0.05) is 5.56 Å². The molecule has 0 fully saturated rings. The number of allylic oxidation sites excluding steroid dienone is 2. The molecule has 1 aromatic rings. The summed E-state index contributed by atoms with van der Waals surface area (Å²) in [6.45, 7) is 0. The van der Waals surface area contributed by atoms with E-state index < -0.39 is 40.1 Å². The SMILES string of the molecule is FC1=C(F)C(F)(Cl)C2(ON=C(c3ccccc3)O2)C(F)=C1F. The van der Waals surface area contributed by atoms with Crippen LogP contribution < -0.4 is 0 Å². The summed E-state index contributed by atoms with van der Waals surface area (Å²) in [6.07, 6.45) is 0. The van der Waals surface area contributed by atoms with Crippen LogP contribution in [0.3, 0.4) is 0 Å². The predicted octanol–water partition coefficient (Wildman–Crippen LogP) is 4.31. The van der Waals surface area contributed by atoms with Crippen molar-refractivity contribution in [1.82, 2.24) is 0 Å². The molecular weight excluding hydrogens is 333 g/mol. The van der Waals surface area contributed by atoms with E-state index in [1.165, 1.54) is 12.1 Å². The lowest BCUT2D eigenvalue weighted by Crippen LogP contribution is -2.53. The quantitative estimate of drug-likeness (QED) is 0.565. The van der Waals surface area contributed by atoms with Crippen molar-refractivity contribution < 1.29 is 31.5 Å². The average molecular weight is 338 g/mol. The Labute approximate surface area is 125 Å². The molecule has 3 rings (SSSR count). The van der Waals surface area contributed by atoms with Crippen molar-refractivity contribution in [2.24, 2.45) is 5.16 Å². The topological polar surface area (TPSA) is 30.8 Å². The first-order valence-corrected chi connectivity index (χ1v) is 6.19. The Morgan fingerprint density at radius 3 is 2.18 bits per heavy atom. The van der Waals surface area contributed by atoms with E-state index in [1.54, 1.807) is 18.2 Å². The van der Waals surface area contributed by atoms with Gasteiger partial charge in [-0.25, -0.2) is 17.6 Å². The van der Waals surface area contributed by atoms with E-state index in [-0.39, 0.29) is 5.56 Å². The fourth-order valence-corrected chi connectivity index (χ4v) is 2.17. The third kappa shape index (κ3) is 1.76. The van der Waals surface area contributed by atoms with Crippen LogP contribution in [0.25, 0.3) is 0 Å². The van der Waals surface area contributed by atoms with Crippen molar-refractivity contribution in [1.29, 1.82) is 0 Å². The second-order valence-corrected chi connectivity index (χ2v) is 4.92. The highest BCUT2D eigenvalue weighted by Crippen LogP contribution is 2.55. The summed E-state index contributed by atoms with van der Waals surface area (Å²) in [6, 6.07) is 7.59. The molecule has 0 saturated carbocycles. The van der Waals surface area contributed by atoms with E-state index in [1.807, 2.05) is 0 Å². The van der Waals surface area contributed by atoms with Gasteiger partial charge in [-0.1, -0.05) is 29.8 Å². The minimum atomic E-state index is -3.98. The van der Waals surface area contributed by atoms with Crippen LogP contribution in [0, 0.1) is 0 Å². The molecule has 2 atom stereocenters. The Hall–Kier alpha value is -2.09. The highest BCUT2D eigenvalue weighted by Gasteiger charge is 2.71. The van der Waals surface area contributed by atoms with E-state index in [2.05, 4.69) is 9.99 Å². The van der Waals surface area contributed by atoms with Crippen LogP contribution in [0.4, 0.5) is 22.0 Å². The van der Waals surface area contributed by atoms with Crippen LogP contribution in [0.5, 0.6) is 0 Å². The number of alkyl halides is 2. The third-order valence-electron chi connectivity index (χ3n) is 3.07. The number of ether oxygens (including phenoxy) is 1. The van der Waals surface area contributed by atoms with E-state index in [9.17, 15) is 22.0 Å². The smallest absolute Gasteiger partial charge is 0.388 e. The van der Waals surface area contributed by atoms with Crippen molar-refractivity contribution in [2.75, 3.05) is 0 Å². The van der Waals surface area contributed by atoms with E-state index in [0.717, 1.165) is 0 Å². The molecule has 1 aromatic carbocycles. The van der Waals surface area contributed by atoms with Crippen molar-refractivity contribution in [3.05, 3.63) is 59.2 Å². The zero-order valence-electron chi connectivity index (χ0n) is 10.4. The number of hydrogen-bond acceptors (Lipinski definition) is 3. The maximum Gasteiger partial charge on any atom is 0.388 e. The molecule has 2 unspecified atom stereocenters. The van der Waals surface area contributed by atoms with Crippen LogP contribution in [-0.2, 0) is 9.57 Å². The van der Waals surface area contributed by atoms with Crippen molar-refractivity contribution in [3.8, 4) is 0 Å². The number of benzene rings is 1. The van der Waals surface area contributed by atoms with Gasteiger partial charge in [-0.05, 0) is 17.3 Å². The van der Waals surface area contributed by atoms with Gasteiger partial charge in [0.05, 0.1) is 0 Å². The summed E-state index contributed by atoms with van der Waals surface area (Å²) in [5.41, 5.74) is 0.204. The van der Waals surface area contributed by atoms with Gasteiger partial charge in [0.25, 0.3) is 5.90 Å². The zero-order chi connectivity index (χ0) is 16.1. The summed E-state index contributed by atoms with van der Waals surface area (Å²) >= 11 is 5.19. The molecule has 1 aliphatic carbocycles. The first kappa shape index (κ1) is 14.8. The molecule has 0 saturated heterocycles. The molecule has 9 heteroatoms. The van der Waals surface area contributed by atoms with Gasteiger partial charge in [0.1, 0.15) is 0 Å². The van der Waals surface area contributed by atoms with Crippen LogP contribution in [0.2, 0.25) is 0 Å². The Bertz CT molecular complexity index is 731. The minimum Gasteiger partial charge on any atom is -0.420 e. The largest absolute Gasteiger partial charge is 0.420 e. The van der Waals surface area contributed by atoms with E-state index in [4.69, 9.17) is 16.3 Å². The normalized spacial score (nSPS) is 31.3. The Morgan fingerprint density at radius 1 is 0.955 bits per heavy atom. The van der Waals surface area contributed by atoms with Crippen molar-refractivity contribution in [3.63, 3.8) is 0 Å². The van der Waals surface area contributed by atoms with Crippen LogP contribution in [-0.4, -0.2) is 16.8 Å². The maximum atomic E-state index is 14.3. The Morgan fingerprint density at radius 2 is 1.55 bits per heavy atom. The van der Waals surface area contributed by atoms with E-state index in [0.29, 0.717) is 0 Å². The standard InChI is InChI=1S/C13H5ClF5NO2/c14-12(19)9(17)7(15)8(16)10(18)13(12)21-11(20-22-13)6-4-2-1-3-5-6/h1-5H. The fourth-order valence-electron chi connectivity index (χ4n) is 1.94. The molecule has 2 aliphatic rings. The Balaban J connectivity index is 2.06. The van der Waals surface area contributed by atoms with Crippen molar-refractivity contribution in [2.45, 2.75) is 10.9 Å². The third-order valence-corrected chi connectivity index (χ3v) is 3.49. The highest BCUT2D eigenvalue weighted by atomic mass is 35.5. The molecule has 1 heterocycles. The Kier molecular flexibility index (Phi) is 3.17. The van der Waals surface area contributed by atoms with Crippen molar-refractivity contribution >= 4 is 17.5 Å². The second-order valence-electron chi connectivity index (χ2n) is 4.40. The molecular formula is C13H5ClF5NO2. The molecule has 0 radical (unpaired) electrons. The van der Waals surface area contributed by atoms with Crippen LogP contribution >= 0.6 is 11.6 Å². The zero-order valence-corrected chi connectivity index (χ0v) is 11.2. The summed E-state index contributed by atoms with van der Waals surface area (Å²) in [7, 11) is 0. The van der Waals surface area contributed by atoms with Gasteiger partial charge in [0.15, 0.2) is 11.7 Å². The summed E-state index contributed by atoms with van der Waals surface area (Å²) in [4.78, 5) is 4.41. The molecule has 0 aromatic heterocycles. The molecule has 22 heavy (non-hydrogen) atoms. The average Bonchev–Trinajstić information content (AvgIpc) is 2.98. The second kappa shape index (κ2) is 4.70. The number of oxime groups is 1. The summed E-state index contributed by atoms with van der Waals surface area (Å²) in [5, 5.41) is -0.735. The molecule has 0 bridgehead atoms. The lowest BCUT2D eigenvalue weighted by Gasteiger charge is -2.34. The van der Waals surface area contributed by atoms with Gasteiger partial charge in [-0.15, -0.1) is 0 Å². The molecule has 3 nitrogen and oxygen atoms in total. The van der Waals surface area contributed by atoms with E-state index >= 15 is 0 Å². The van der Waals surface area contributed by atoms with Gasteiger partial charge in [0.2, 0.25) is 11.7 Å². The fraction of sp³-hybridized carbons (Fsp3) is 0.154. The van der Waals surface area contributed by atoms with Gasteiger partial charge >= 0.3 is 10.9 Å². The molecule has 1 spiro atoms. The number of hydrogen-bond donors (Lipinski definition) is 0. The predicted molar refractivity (Wildman–Crippen MR) is 66.1 cm³/mol. The molecule has 0 amide bonds. The minimum absolute atomic E-state index is 0.204. The number of nitrogens with zero attached hydrogens (tertiary/aromatic N) is 1. The molecule has 116 valence electrons. The first-order chi connectivity index (χ1) is 10.3. The van der Waals surface area contributed by atoms with Gasteiger partial charge < -0.3 is 9.57 Å². The summed E-state index contributed by atoms with van der Waals surface area (Å²) < 4.78 is 73.1. The molecule has 0 N–H and O–H groups in total. The first-order valence-electron chi connectivity index (χ1n) is 5.81. The number of rotatable bonds is 1. The van der Waals surface area contributed by atoms with Gasteiger partial charge in [-0.3, -0.25) is 0 Å². The van der Waals surface area contributed by atoms with Crippen LogP contribution in [0.15, 0.2) is 58.8 Å². The van der Waals surface area contributed by atoms with Gasteiger partial charge in [-0.2, -0.15) is 4.39 Å². The lowest BCUT2D eigenvalue weighted by atomic mass is 10.0. The monoisotopic (exact) mass is 337 g/mol.